The highest BCUT2D eigenvalue weighted by molar-refractivity contribution is 4.88. The van der Waals surface area contributed by atoms with Crippen LogP contribution >= 0.6 is 0 Å². The van der Waals surface area contributed by atoms with Gasteiger partial charge in [0.25, 0.3) is 0 Å². The van der Waals surface area contributed by atoms with Crippen LogP contribution in [0.5, 0.6) is 0 Å². The average Bonchev–Trinajstić information content (AvgIpc) is 2.80. The van der Waals surface area contributed by atoms with E-state index >= 15 is 0 Å². The summed E-state index contributed by atoms with van der Waals surface area (Å²) in [6.07, 6.45) is 6.89. The van der Waals surface area contributed by atoms with Gasteiger partial charge in [-0.25, -0.2) is 0 Å². The van der Waals surface area contributed by atoms with Crippen molar-refractivity contribution in [2.45, 2.75) is 44.1 Å². The maximum Gasteiger partial charge on any atom is 0.0663 e. The third-order valence-corrected chi connectivity index (χ3v) is 3.13. The average molecular weight is 169 g/mol. The highest BCUT2D eigenvalue weighted by Crippen LogP contribution is 2.39. The topological polar surface area (TPSA) is 32.3 Å². The lowest BCUT2D eigenvalue weighted by Crippen LogP contribution is -2.30. The van der Waals surface area contributed by atoms with E-state index in [2.05, 4.69) is 5.32 Å². The molecule has 2 rings (SSSR count). The minimum Gasteiger partial charge on any atom is -0.390 e. The van der Waals surface area contributed by atoms with Gasteiger partial charge in [-0.2, -0.15) is 0 Å². The molecule has 1 saturated carbocycles. The first kappa shape index (κ1) is 8.52. The summed E-state index contributed by atoms with van der Waals surface area (Å²) < 4.78 is 0. The summed E-state index contributed by atoms with van der Waals surface area (Å²) in [5.41, 5.74) is -0.315. The number of rotatable bonds is 2. The van der Waals surface area contributed by atoms with Crippen molar-refractivity contribution >= 4 is 0 Å². The van der Waals surface area contributed by atoms with Crippen molar-refractivity contribution < 1.29 is 5.11 Å². The third-order valence-electron chi connectivity index (χ3n) is 3.13. The van der Waals surface area contributed by atoms with Gasteiger partial charge in [0, 0.05) is 0 Å². The molecule has 0 amide bonds. The molecule has 0 spiro atoms. The predicted octanol–water partition coefficient (Wildman–Crippen LogP) is 1.29. The first-order chi connectivity index (χ1) is 5.79. The van der Waals surface area contributed by atoms with Gasteiger partial charge in [0.1, 0.15) is 0 Å². The van der Waals surface area contributed by atoms with Gasteiger partial charge in [-0.3, -0.25) is 0 Å². The molecule has 1 heterocycles. The number of hydrogen-bond donors (Lipinski definition) is 2. The molecule has 2 fully saturated rings. The Balaban J connectivity index is 1.86. The van der Waals surface area contributed by atoms with Gasteiger partial charge in [-0.15, -0.1) is 0 Å². The van der Waals surface area contributed by atoms with E-state index in [1.807, 2.05) is 0 Å². The predicted molar refractivity (Wildman–Crippen MR) is 49.0 cm³/mol. The lowest BCUT2D eigenvalue weighted by molar-refractivity contribution is 0.0143. The molecular weight excluding hydrogens is 150 g/mol. The van der Waals surface area contributed by atoms with Crippen LogP contribution in [0, 0.1) is 5.92 Å². The second-order valence-electron chi connectivity index (χ2n) is 4.48. The van der Waals surface area contributed by atoms with Crippen LogP contribution in [-0.4, -0.2) is 23.8 Å². The fraction of sp³-hybridized carbons (Fsp3) is 1.00. The SMILES string of the molecule is OC1(CC2CC2)CCCNCC1. The first-order valence-corrected chi connectivity index (χ1v) is 5.22. The Morgan fingerprint density at radius 3 is 2.83 bits per heavy atom. The van der Waals surface area contributed by atoms with Gasteiger partial charge in [-0.1, -0.05) is 12.8 Å². The number of aliphatic hydroxyl groups is 1. The molecular formula is C10H19NO. The van der Waals surface area contributed by atoms with E-state index in [9.17, 15) is 5.11 Å². The molecule has 70 valence electrons. The third kappa shape index (κ3) is 2.20. The van der Waals surface area contributed by atoms with Crippen molar-refractivity contribution in [2.75, 3.05) is 13.1 Å². The molecule has 0 bridgehead atoms. The maximum atomic E-state index is 10.2. The van der Waals surface area contributed by atoms with E-state index < -0.39 is 0 Å². The Morgan fingerprint density at radius 2 is 2.08 bits per heavy atom. The Kier molecular flexibility index (Phi) is 2.37. The van der Waals surface area contributed by atoms with Crippen molar-refractivity contribution in [3.05, 3.63) is 0 Å². The van der Waals surface area contributed by atoms with Crippen LogP contribution in [0.25, 0.3) is 0 Å². The van der Waals surface area contributed by atoms with E-state index in [4.69, 9.17) is 0 Å². The second kappa shape index (κ2) is 3.35. The zero-order valence-electron chi connectivity index (χ0n) is 7.68. The fourth-order valence-electron chi connectivity index (χ4n) is 2.18. The zero-order valence-corrected chi connectivity index (χ0v) is 7.68. The second-order valence-corrected chi connectivity index (χ2v) is 4.48. The van der Waals surface area contributed by atoms with Crippen LogP contribution in [-0.2, 0) is 0 Å². The molecule has 1 aliphatic heterocycles. The van der Waals surface area contributed by atoms with Crippen LogP contribution in [0.2, 0.25) is 0 Å². The summed E-state index contributed by atoms with van der Waals surface area (Å²) in [5.74, 6) is 0.855. The summed E-state index contributed by atoms with van der Waals surface area (Å²) in [7, 11) is 0. The van der Waals surface area contributed by atoms with Crippen LogP contribution < -0.4 is 5.32 Å². The minimum atomic E-state index is -0.315. The van der Waals surface area contributed by atoms with Crippen molar-refractivity contribution in [2.24, 2.45) is 5.92 Å². The van der Waals surface area contributed by atoms with Gasteiger partial charge in [-0.05, 0) is 44.7 Å². The molecule has 12 heavy (non-hydrogen) atoms. The fourth-order valence-corrected chi connectivity index (χ4v) is 2.18. The highest BCUT2D eigenvalue weighted by Gasteiger charge is 2.35. The number of hydrogen-bond acceptors (Lipinski definition) is 2. The quantitative estimate of drug-likeness (QED) is 0.653. The molecule has 1 unspecified atom stereocenters. The molecule has 0 radical (unpaired) electrons. The molecule has 0 aromatic heterocycles. The molecule has 1 aliphatic carbocycles. The molecule has 2 heteroatoms. The van der Waals surface area contributed by atoms with Crippen LogP contribution in [0.4, 0.5) is 0 Å². The van der Waals surface area contributed by atoms with Crippen molar-refractivity contribution in [3.63, 3.8) is 0 Å². The van der Waals surface area contributed by atoms with E-state index in [1.54, 1.807) is 0 Å². The normalized spacial score (nSPS) is 37.8. The highest BCUT2D eigenvalue weighted by atomic mass is 16.3. The molecule has 1 atom stereocenters. The van der Waals surface area contributed by atoms with Crippen LogP contribution in [0.15, 0.2) is 0 Å². The Morgan fingerprint density at radius 1 is 1.25 bits per heavy atom. The van der Waals surface area contributed by atoms with Crippen molar-refractivity contribution in [1.82, 2.24) is 5.32 Å². The van der Waals surface area contributed by atoms with Gasteiger partial charge < -0.3 is 10.4 Å². The van der Waals surface area contributed by atoms with E-state index in [1.165, 1.54) is 12.8 Å². The summed E-state index contributed by atoms with van der Waals surface area (Å²) >= 11 is 0. The van der Waals surface area contributed by atoms with Crippen molar-refractivity contribution in [1.29, 1.82) is 0 Å². The molecule has 1 saturated heterocycles. The standard InChI is InChI=1S/C10H19NO/c12-10(8-9-2-3-9)4-1-6-11-7-5-10/h9,11-12H,1-8H2. The summed E-state index contributed by atoms with van der Waals surface area (Å²) in [6, 6.07) is 0. The molecule has 0 aromatic carbocycles. The molecule has 2 nitrogen and oxygen atoms in total. The Bertz CT molecular complexity index is 146. The number of nitrogens with one attached hydrogen (secondary N) is 1. The minimum absolute atomic E-state index is 0.315. The van der Waals surface area contributed by atoms with Gasteiger partial charge in [0.05, 0.1) is 5.60 Å². The molecule has 2 aliphatic rings. The van der Waals surface area contributed by atoms with E-state index in [0.29, 0.717) is 0 Å². The van der Waals surface area contributed by atoms with Crippen LogP contribution in [0.1, 0.15) is 38.5 Å². The zero-order chi connectivity index (χ0) is 8.44. The van der Waals surface area contributed by atoms with Gasteiger partial charge in [0.2, 0.25) is 0 Å². The smallest absolute Gasteiger partial charge is 0.0663 e. The van der Waals surface area contributed by atoms with E-state index in [-0.39, 0.29) is 5.60 Å². The maximum absolute atomic E-state index is 10.2. The summed E-state index contributed by atoms with van der Waals surface area (Å²) in [5, 5.41) is 13.6. The van der Waals surface area contributed by atoms with E-state index in [0.717, 1.165) is 44.7 Å². The summed E-state index contributed by atoms with van der Waals surface area (Å²) in [6.45, 7) is 2.09. The monoisotopic (exact) mass is 169 g/mol. The van der Waals surface area contributed by atoms with Gasteiger partial charge in [0.15, 0.2) is 0 Å². The molecule has 0 aromatic rings. The first-order valence-electron chi connectivity index (χ1n) is 5.22. The van der Waals surface area contributed by atoms with Crippen LogP contribution in [0.3, 0.4) is 0 Å². The lowest BCUT2D eigenvalue weighted by Gasteiger charge is -2.26. The molecule has 2 N–H and O–H groups in total. The van der Waals surface area contributed by atoms with Crippen molar-refractivity contribution in [3.8, 4) is 0 Å². The van der Waals surface area contributed by atoms with Gasteiger partial charge >= 0.3 is 0 Å². The summed E-state index contributed by atoms with van der Waals surface area (Å²) in [4.78, 5) is 0. The Labute approximate surface area is 74.4 Å². The largest absolute Gasteiger partial charge is 0.390 e. The Hall–Kier alpha value is -0.0800. The lowest BCUT2D eigenvalue weighted by atomic mass is 9.89.